The molecule has 2 N–H and O–H groups in total. The van der Waals surface area contributed by atoms with Gasteiger partial charge in [0.1, 0.15) is 0 Å². The van der Waals surface area contributed by atoms with Gasteiger partial charge in [0.25, 0.3) is 0 Å². The predicted molar refractivity (Wildman–Crippen MR) is 61.3 cm³/mol. The lowest BCUT2D eigenvalue weighted by Crippen LogP contribution is -2.33. The number of carbonyl (C=O) groups is 1. The largest absolute Gasteiger partial charge is 0.466 e. The summed E-state index contributed by atoms with van der Waals surface area (Å²) in [6, 6.07) is 0. The Labute approximate surface area is 102 Å². The Morgan fingerprint density at radius 3 is 2.76 bits per heavy atom. The van der Waals surface area contributed by atoms with Gasteiger partial charge in [-0.25, -0.2) is 0 Å². The highest BCUT2D eigenvalue weighted by molar-refractivity contribution is 5.65. The second kappa shape index (κ2) is 6.93. The highest BCUT2D eigenvalue weighted by atomic mass is 16.5. The Balaban J connectivity index is 2.46. The zero-order chi connectivity index (χ0) is 12.8. The van der Waals surface area contributed by atoms with Crippen molar-refractivity contribution in [3.05, 3.63) is 0 Å². The van der Waals surface area contributed by atoms with Gasteiger partial charge in [-0.05, 0) is 12.3 Å². The molecule has 0 radical (unpaired) electrons. The highest BCUT2D eigenvalue weighted by Gasteiger charge is 2.38. The van der Waals surface area contributed by atoms with Crippen molar-refractivity contribution in [2.24, 2.45) is 17.8 Å². The van der Waals surface area contributed by atoms with Gasteiger partial charge in [0.15, 0.2) is 0 Å². The van der Waals surface area contributed by atoms with Gasteiger partial charge in [0, 0.05) is 38.6 Å². The third-order valence-electron chi connectivity index (χ3n) is 3.41. The van der Waals surface area contributed by atoms with E-state index < -0.39 is 0 Å². The molecule has 0 aromatic rings. The van der Waals surface area contributed by atoms with Gasteiger partial charge in [0.05, 0.1) is 12.7 Å². The summed E-state index contributed by atoms with van der Waals surface area (Å²) in [7, 11) is 0. The molecular formula is C12H22O5. The van der Waals surface area contributed by atoms with Gasteiger partial charge in [-0.15, -0.1) is 0 Å². The predicted octanol–water partition coefficient (Wildman–Crippen LogP) is 0.192. The lowest BCUT2D eigenvalue weighted by molar-refractivity contribution is -0.141. The van der Waals surface area contributed by atoms with Crippen molar-refractivity contribution < 1.29 is 24.5 Å². The van der Waals surface area contributed by atoms with Gasteiger partial charge in [0.2, 0.25) is 0 Å². The molecule has 0 aromatic heterocycles. The molecule has 17 heavy (non-hydrogen) atoms. The molecule has 5 nitrogen and oxygen atoms in total. The Bertz CT molecular complexity index is 243. The van der Waals surface area contributed by atoms with Crippen molar-refractivity contribution in [2.45, 2.75) is 26.4 Å². The second-order valence-corrected chi connectivity index (χ2v) is 4.69. The molecule has 1 saturated heterocycles. The van der Waals surface area contributed by atoms with Gasteiger partial charge in [-0.2, -0.15) is 0 Å². The van der Waals surface area contributed by atoms with Gasteiger partial charge >= 0.3 is 5.97 Å². The number of rotatable bonds is 6. The zero-order valence-corrected chi connectivity index (χ0v) is 10.5. The van der Waals surface area contributed by atoms with Crippen molar-refractivity contribution in [1.29, 1.82) is 0 Å². The summed E-state index contributed by atoms with van der Waals surface area (Å²) in [5, 5.41) is 18.7. The van der Waals surface area contributed by atoms with Crippen molar-refractivity contribution in [1.82, 2.24) is 0 Å². The lowest BCUT2D eigenvalue weighted by atomic mass is 9.85. The number of aliphatic hydroxyl groups is 2. The van der Waals surface area contributed by atoms with Crippen LogP contribution in [0, 0.1) is 17.8 Å². The molecule has 1 aliphatic heterocycles. The fraction of sp³-hybridized carbons (Fsp3) is 0.917. The van der Waals surface area contributed by atoms with E-state index in [1.165, 1.54) is 6.92 Å². The zero-order valence-electron chi connectivity index (χ0n) is 10.5. The number of esters is 1. The van der Waals surface area contributed by atoms with Crippen LogP contribution in [0.1, 0.15) is 20.3 Å². The SMILES string of the molecule is CC(=O)OCCC(CO)C1OCC(C)[C@@H]1CO. The van der Waals surface area contributed by atoms with E-state index in [1.54, 1.807) is 0 Å². The van der Waals surface area contributed by atoms with E-state index in [0.717, 1.165) is 0 Å². The van der Waals surface area contributed by atoms with Crippen LogP contribution in [0.2, 0.25) is 0 Å². The number of hydrogen-bond donors (Lipinski definition) is 2. The standard InChI is InChI=1S/C12H22O5/c1-8-7-17-12(11(8)6-14)10(5-13)3-4-16-9(2)15/h8,10-14H,3-7H2,1-2H3/t8?,10?,11-,12?/m0/s1. The normalized spacial score (nSPS) is 30.2. The summed E-state index contributed by atoms with van der Waals surface area (Å²) in [5.41, 5.74) is 0. The van der Waals surface area contributed by atoms with Crippen molar-refractivity contribution in [3.63, 3.8) is 0 Å². The quantitative estimate of drug-likeness (QED) is 0.654. The first kappa shape index (κ1) is 14.4. The Kier molecular flexibility index (Phi) is 5.88. The van der Waals surface area contributed by atoms with Crippen LogP contribution in [0.4, 0.5) is 0 Å². The lowest BCUT2D eigenvalue weighted by Gasteiger charge is -2.26. The first-order chi connectivity index (χ1) is 8.10. The summed E-state index contributed by atoms with van der Waals surface area (Å²) in [4.78, 5) is 10.7. The van der Waals surface area contributed by atoms with Crippen LogP contribution in [-0.4, -0.2) is 48.7 Å². The van der Waals surface area contributed by atoms with E-state index in [4.69, 9.17) is 9.47 Å². The second-order valence-electron chi connectivity index (χ2n) is 4.69. The van der Waals surface area contributed by atoms with Crippen molar-refractivity contribution in [3.8, 4) is 0 Å². The highest BCUT2D eigenvalue weighted by Crippen LogP contribution is 2.32. The molecule has 5 heteroatoms. The molecule has 0 spiro atoms. The summed E-state index contributed by atoms with van der Waals surface area (Å²) >= 11 is 0. The molecule has 1 fully saturated rings. The molecule has 0 saturated carbocycles. The van der Waals surface area contributed by atoms with Crippen LogP contribution in [0.3, 0.4) is 0 Å². The average Bonchev–Trinajstić information content (AvgIpc) is 2.65. The van der Waals surface area contributed by atoms with E-state index in [9.17, 15) is 15.0 Å². The van der Waals surface area contributed by atoms with Crippen molar-refractivity contribution >= 4 is 5.97 Å². The fourth-order valence-corrected chi connectivity index (χ4v) is 2.32. The van der Waals surface area contributed by atoms with E-state index in [2.05, 4.69) is 0 Å². The molecule has 0 aliphatic carbocycles. The van der Waals surface area contributed by atoms with E-state index in [1.807, 2.05) is 6.92 Å². The average molecular weight is 246 g/mol. The summed E-state index contributed by atoms with van der Waals surface area (Å²) in [6.07, 6.45) is 0.416. The molecule has 4 atom stereocenters. The molecule has 0 aromatic carbocycles. The van der Waals surface area contributed by atoms with Crippen LogP contribution in [-0.2, 0) is 14.3 Å². The number of carbonyl (C=O) groups excluding carboxylic acids is 1. The van der Waals surface area contributed by atoms with E-state index in [0.29, 0.717) is 18.9 Å². The minimum Gasteiger partial charge on any atom is -0.466 e. The monoisotopic (exact) mass is 246 g/mol. The molecule has 3 unspecified atom stereocenters. The van der Waals surface area contributed by atoms with Crippen LogP contribution < -0.4 is 0 Å². The van der Waals surface area contributed by atoms with Crippen LogP contribution in [0.15, 0.2) is 0 Å². The van der Waals surface area contributed by atoms with E-state index >= 15 is 0 Å². The number of aliphatic hydroxyl groups excluding tert-OH is 2. The minimum atomic E-state index is -0.318. The Morgan fingerprint density at radius 1 is 1.53 bits per heavy atom. The van der Waals surface area contributed by atoms with Crippen LogP contribution in [0.25, 0.3) is 0 Å². The van der Waals surface area contributed by atoms with Crippen LogP contribution >= 0.6 is 0 Å². The first-order valence-electron chi connectivity index (χ1n) is 6.06. The molecular weight excluding hydrogens is 224 g/mol. The minimum absolute atomic E-state index is 0.0187. The fourth-order valence-electron chi connectivity index (χ4n) is 2.32. The number of ether oxygens (including phenoxy) is 2. The maximum atomic E-state index is 10.7. The Hall–Kier alpha value is -0.650. The Morgan fingerprint density at radius 2 is 2.24 bits per heavy atom. The topological polar surface area (TPSA) is 76.0 Å². The summed E-state index contributed by atoms with van der Waals surface area (Å²) in [5.74, 6) is -0.0465. The van der Waals surface area contributed by atoms with Crippen molar-refractivity contribution in [2.75, 3.05) is 26.4 Å². The summed E-state index contributed by atoms with van der Waals surface area (Å²) < 4.78 is 10.5. The molecule has 1 aliphatic rings. The summed E-state index contributed by atoms with van der Waals surface area (Å²) in [6.45, 7) is 4.33. The maximum absolute atomic E-state index is 10.7. The molecule has 100 valence electrons. The molecule has 0 bridgehead atoms. The number of hydrogen-bond acceptors (Lipinski definition) is 5. The maximum Gasteiger partial charge on any atom is 0.302 e. The smallest absolute Gasteiger partial charge is 0.302 e. The van der Waals surface area contributed by atoms with Crippen LogP contribution in [0.5, 0.6) is 0 Å². The molecule has 0 amide bonds. The van der Waals surface area contributed by atoms with Gasteiger partial charge < -0.3 is 19.7 Å². The molecule has 1 heterocycles. The first-order valence-corrected chi connectivity index (χ1v) is 6.06. The molecule has 1 rings (SSSR count). The third-order valence-corrected chi connectivity index (χ3v) is 3.41. The third kappa shape index (κ3) is 3.94. The van der Waals surface area contributed by atoms with Gasteiger partial charge in [-0.1, -0.05) is 6.92 Å². The van der Waals surface area contributed by atoms with E-state index in [-0.39, 0.29) is 43.7 Å². The van der Waals surface area contributed by atoms with Gasteiger partial charge in [-0.3, -0.25) is 4.79 Å².